The number of methoxy groups -OCH3 is 2. The molecular formula is C12H20N2O2. The van der Waals surface area contributed by atoms with E-state index in [2.05, 4.69) is 4.90 Å². The summed E-state index contributed by atoms with van der Waals surface area (Å²) in [5.74, 6) is 1.54. The van der Waals surface area contributed by atoms with Crippen molar-refractivity contribution in [3.05, 3.63) is 23.8 Å². The third-order valence-electron chi connectivity index (χ3n) is 2.54. The Morgan fingerprint density at radius 2 is 1.88 bits per heavy atom. The van der Waals surface area contributed by atoms with Gasteiger partial charge in [0.05, 0.1) is 14.2 Å². The second-order valence-corrected chi connectivity index (χ2v) is 3.70. The lowest BCUT2D eigenvalue weighted by atomic mass is 10.1. The molecule has 4 nitrogen and oxygen atoms in total. The van der Waals surface area contributed by atoms with E-state index in [-0.39, 0.29) is 0 Å². The lowest BCUT2D eigenvalue weighted by Crippen LogP contribution is -2.27. The van der Waals surface area contributed by atoms with Crippen molar-refractivity contribution in [3.63, 3.8) is 0 Å². The average molecular weight is 224 g/mol. The minimum Gasteiger partial charge on any atom is -0.493 e. The van der Waals surface area contributed by atoms with Gasteiger partial charge in [-0.3, -0.25) is 4.90 Å². The minimum atomic E-state index is 0.577. The van der Waals surface area contributed by atoms with E-state index in [1.807, 2.05) is 25.2 Å². The van der Waals surface area contributed by atoms with Gasteiger partial charge >= 0.3 is 0 Å². The molecule has 16 heavy (non-hydrogen) atoms. The van der Waals surface area contributed by atoms with Crippen molar-refractivity contribution in [1.82, 2.24) is 4.90 Å². The van der Waals surface area contributed by atoms with Crippen molar-refractivity contribution in [3.8, 4) is 11.5 Å². The topological polar surface area (TPSA) is 47.7 Å². The molecule has 1 aromatic carbocycles. The van der Waals surface area contributed by atoms with Gasteiger partial charge in [0.2, 0.25) is 0 Å². The molecule has 90 valence electrons. The van der Waals surface area contributed by atoms with Crippen LogP contribution in [0.25, 0.3) is 0 Å². The van der Waals surface area contributed by atoms with Crippen LogP contribution in [-0.2, 0) is 6.42 Å². The zero-order chi connectivity index (χ0) is 12.0. The van der Waals surface area contributed by atoms with E-state index in [1.54, 1.807) is 14.2 Å². The quantitative estimate of drug-likeness (QED) is 0.735. The zero-order valence-electron chi connectivity index (χ0n) is 10.2. The maximum atomic E-state index is 5.52. The molecule has 2 N–H and O–H groups in total. The molecule has 4 heteroatoms. The van der Waals surface area contributed by atoms with Crippen LogP contribution < -0.4 is 15.2 Å². The zero-order valence-corrected chi connectivity index (χ0v) is 10.2. The van der Waals surface area contributed by atoms with Gasteiger partial charge in [0.15, 0.2) is 11.5 Å². The molecule has 0 saturated carbocycles. The van der Waals surface area contributed by atoms with Gasteiger partial charge in [-0.2, -0.15) is 0 Å². The number of nitrogens with two attached hydrogens (primary N) is 1. The van der Waals surface area contributed by atoms with E-state index in [1.165, 1.54) is 5.56 Å². The van der Waals surface area contributed by atoms with Gasteiger partial charge in [-0.15, -0.1) is 0 Å². The van der Waals surface area contributed by atoms with Crippen molar-refractivity contribution < 1.29 is 9.47 Å². The number of ether oxygens (including phenoxy) is 2. The first-order valence-electron chi connectivity index (χ1n) is 5.30. The number of rotatable bonds is 6. The van der Waals surface area contributed by atoms with Crippen LogP contribution >= 0.6 is 0 Å². The second-order valence-electron chi connectivity index (χ2n) is 3.70. The van der Waals surface area contributed by atoms with Crippen molar-refractivity contribution in [1.29, 1.82) is 0 Å². The standard InChI is InChI=1S/C12H20N2O2/c1-14(9-13)7-6-10-4-5-11(15-2)12(8-10)16-3/h4-5,8H,6-7,9,13H2,1-3H3. The van der Waals surface area contributed by atoms with E-state index >= 15 is 0 Å². The van der Waals surface area contributed by atoms with Crippen LogP contribution in [0.1, 0.15) is 5.56 Å². The van der Waals surface area contributed by atoms with Crippen LogP contribution in [0, 0.1) is 0 Å². The minimum absolute atomic E-state index is 0.577. The lowest BCUT2D eigenvalue weighted by Gasteiger charge is -2.14. The average Bonchev–Trinajstić information content (AvgIpc) is 2.35. The smallest absolute Gasteiger partial charge is 0.160 e. The maximum Gasteiger partial charge on any atom is 0.160 e. The number of likely N-dealkylation sites (N-methyl/N-ethyl adjacent to an activating group) is 1. The van der Waals surface area contributed by atoms with Gasteiger partial charge in [0.25, 0.3) is 0 Å². The SMILES string of the molecule is COc1ccc(CCN(C)CN)cc1OC. The molecule has 1 rings (SSSR count). The first-order valence-corrected chi connectivity index (χ1v) is 5.30. The van der Waals surface area contributed by atoms with Gasteiger partial charge in [0.1, 0.15) is 0 Å². The first kappa shape index (κ1) is 12.8. The lowest BCUT2D eigenvalue weighted by molar-refractivity contribution is 0.345. The van der Waals surface area contributed by atoms with Crippen LogP contribution in [0.4, 0.5) is 0 Å². The third-order valence-corrected chi connectivity index (χ3v) is 2.54. The molecule has 0 bridgehead atoms. The summed E-state index contributed by atoms with van der Waals surface area (Å²) in [5, 5.41) is 0. The highest BCUT2D eigenvalue weighted by Crippen LogP contribution is 2.27. The highest BCUT2D eigenvalue weighted by atomic mass is 16.5. The highest BCUT2D eigenvalue weighted by molar-refractivity contribution is 5.42. The van der Waals surface area contributed by atoms with Crippen LogP contribution in [0.3, 0.4) is 0 Å². The van der Waals surface area contributed by atoms with Crippen LogP contribution in [0.5, 0.6) is 11.5 Å². The molecule has 0 heterocycles. The van der Waals surface area contributed by atoms with Crippen LogP contribution in [-0.4, -0.2) is 39.4 Å². The summed E-state index contributed by atoms with van der Waals surface area (Å²) < 4.78 is 10.4. The molecule has 0 aliphatic heterocycles. The van der Waals surface area contributed by atoms with E-state index in [0.29, 0.717) is 6.67 Å². The molecule has 1 aromatic rings. The predicted molar refractivity (Wildman–Crippen MR) is 64.9 cm³/mol. The van der Waals surface area contributed by atoms with E-state index in [9.17, 15) is 0 Å². The summed E-state index contributed by atoms with van der Waals surface area (Å²) >= 11 is 0. The number of nitrogens with zero attached hydrogens (tertiary/aromatic N) is 1. The molecule has 0 aliphatic rings. The second kappa shape index (κ2) is 6.35. The Labute approximate surface area is 96.9 Å². The molecule has 0 amide bonds. The number of hydrogen-bond donors (Lipinski definition) is 1. The first-order chi connectivity index (χ1) is 7.71. The Kier molecular flexibility index (Phi) is 5.08. The summed E-state index contributed by atoms with van der Waals surface area (Å²) in [6.45, 7) is 1.51. The maximum absolute atomic E-state index is 5.52. The van der Waals surface area contributed by atoms with Crippen LogP contribution in [0.2, 0.25) is 0 Å². The van der Waals surface area contributed by atoms with Crippen molar-refractivity contribution in [2.24, 2.45) is 5.73 Å². The van der Waals surface area contributed by atoms with Crippen molar-refractivity contribution in [2.45, 2.75) is 6.42 Å². The molecule has 0 fully saturated rings. The summed E-state index contributed by atoms with van der Waals surface area (Å²) in [5.41, 5.74) is 6.74. The van der Waals surface area contributed by atoms with Gasteiger partial charge in [0, 0.05) is 13.2 Å². The normalized spacial score (nSPS) is 10.6. The Hall–Kier alpha value is -1.26. The summed E-state index contributed by atoms with van der Waals surface area (Å²) in [7, 11) is 5.29. The highest BCUT2D eigenvalue weighted by Gasteiger charge is 2.04. The molecule has 0 aromatic heterocycles. The van der Waals surface area contributed by atoms with Crippen molar-refractivity contribution >= 4 is 0 Å². The van der Waals surface area contributed by atoms with Crippen LogP contribution in [0.15, 0.2) is 18.2 Å². The van der Waals surface area contributed by atoms with Gasteiger partial charge in [-0.1, -0.05) is 6.07 Å². The summed E-state index contributed by atoms with van der Waals surface area (Å²) in [6.07, 6.45) is 0.952. The largest absolute Gasteiger partial charge is 0.493 e. The Morgan fingerprint density at radius 3 is 2.44 bits per heavy atom. The predicted octanol–water partition coefficient (Wildman–Crippen LogP) is 1.09. The molecule has 0 saturated heterocycles. The Balaban J connectivity index is 2.67. The van der Waals surface area contributed by atoms with E-state index < -0.39 is 0 Å². The Morgan fingerprint density at radius 1 is 1.19 bits per heavy atom. The van der Waals surface area contributed by atoms with Gasteiger partial charge in [-0.05, 0) is 31.2 Å². The third kappa shape index (κ3) is 3.40. The van der Waals surface area contributed by atoms with Gasteiger partial charge in [-0.25, -0.2) is 0 Å². The summed E-state index contributed by atoms with van der Waals surface area (Å²) in [4.78, 5) is 2.07. The fraction of sp³-hybridized carbons (Fsp3) is 0.500. The molecule has 0 spiro atoms. The summed E-state index contributed by atoms with van der Waals surface area (Å²) in [6, 6.07) is 5.98. The Bertz CT molecular complexity index is 329. The molecule has 0 radical (unpaired) electrons. The van der Waals surface area contributed by atoms with Crippen molar-refractivity contribution in [2.75, 3.05) is 34.5 Å². The van der Waals surface area contributed by atoms with E-state index in [4.69, 9.17) is 15.2 Å². The number of benzene rings is 1. The molecule has 0 atom stereocenters. The monoisotopic (exact) mass is 224 g/mol. The number of hydrogen-bond acceptors (Lipinski definition) is 4. The molecule has 0 aliphatic carbocycles. The fourth-order valence-electron chi connectivity index (χ4n) is 1.45. The fourth-order valence-corrected chi connectivity index (χ4v) is 1.45. The molecule has 0 unspecified atom stereocenters. The van der Waals surface area contributed by atoms with E-state index in [0.717, 1.165) is 24.5 Å². The van der Waals surface area contributed by atoms with Gasteiger partial charge < -0.3 is 15.2 Å². The molecular weight excluding hydrogens is 204 g/mol.